The van der Waals surface area contributed by atoms with Gasteiger partial charge in [-0.25, -0.2) is 9.29 Å². The number of sulfonamides is 1. The van der Waals surface area contributed by atoms with E-state index in [1.54, 1.807) is 25.1 Å². The Labute approximate surface area is 196 Å². The van der Waals surface area contributed by atoms with E-state index in [9.17, 15) is 21.6 Å². The largest absolute Gasteiger partial charge is 0.416 e. The Bertz CT molecular complexity index is 1250. The topological polar surface area (TPSA) is 59.5 Å². The number of aromatic nitrogens is 1. The van der Waals surface area contributed by atoms with E-state index < -0.39 is 28.0 Å². The molecule has 2 heterocycles. The van der Waals surface area contributed by atoms with Crippen LogP contribution >= 0.6 is 0 Å². The highest BCUT2D eigenvalue weighted by Gasteiger charge is 2.40. The van der Waals surface area contributed by atoms with Crippen molar-refractivity contribution in [3.05, 3.63) is 102 Å². The van der Waals surface area contributed by atoms with Gasteiger partial charge in [0.2, 0.25) is 0 Å². The van der Waals surface area contributed by atoms with Gasteiger partial charge in [-0.2, -0.15) is 21.6 Å². The molecule has 34 heavy (non-hydrogen) atoms. The van der Waals surface area contributed by atoms with E-state index in [2.05, 4.69) is 4.98 Å². The van der Waals surface area contributed by atoms with Gasteiger partial charge in [-0.3, -0.25) is 0 Å². The molecule has 1 aromatic heterocycles. The van der Waals surface area contributed by atoms with Gasteiger partial charge < -0.3 is 4.74 Å². The Kier molecular flexibility index (Phi) is 6.77. The summed E-state index contributed by atoms with van der Waals surface area (Å²) in [4.78, 5) is 4.01. The second kappa shape index (κ2) is 9.60. The van der Waals surface area contributed by atoms with Crippen LogP contribution in [0.1, 0.15) is 36.0 Å². The predicted molar refractivity (Wildman–Crippen MR) is 122 cm³/mol. The first-order valence-electron chi connectivity index (χ1n) is 10.7. The van der Waals surface area contributed by atoms with Crippen molar-refractivity contribution >= 4 is 15.7 Å². The Morgan fingerprint density at radius 2 is 1.68 bits per heavy atom. The maximum absolute atomic E-state index is 13.7. The van der Waals surface area contributed by atoms with Crippen molar-refractivity contribution in [3.8, 4) is 0 Å². The molecule has 0 aliphatic carbocycles. The fraction of sp³-hybridized carbons (Fsp3) is 0.240. The molecular formula is C25H23F3N2O3S. The third-order valence-corrected chi connectivity index (χ3v) is 7.29. The predicted octanol–water partition coefficient (Wildman–Crippen LogP) is 5.68. The first kappa shape index (κ1) is 24.0. The first-order valence-corrected chi connectivity index (χ1v) is 12.2. The molecular weight excluding hydrogens is 465 g/mol. The lowest BCUT2D eigenvalue weighted by molar-refractivity contribution is -0.137. The minimum absolute atomic E-state index is 0.171. The quantitative estimate of drug-likeness (QED) is 0.448. The summed E-state index contributed by atoms with van der Waals surface area (Å²) in [6.45, 7) is 2.01. The summed E-state index contributed by atoms with van der Waals surface area (Å²) in [6, 6.07) is 18.5. The first-order chi connectivity index (χ1) is 16.2. The number of hydrogen-bond donors (Lipinski definition) is 0. The SMILES string of the molecule is CCO[C@@H]1C[C@H](c2ccccc2)C=C(c2ccc(C(F)(F)F)cc2)N1S(=O)(=O)c1ccccn1. The normalized spacial score (nSPS) is 19.1. The van der Waals surface area contributed by atoms with Gasteiger partial charge >= 0.3 is 6.18 Å². The summed E-state index contributed by atoms with van der Waals surface area (Å²) < 4.78 is 73.8. The van der Waals surface area contributed by atoms with Crippen LogP contribution in [0.4, 0.5) is 13.2 Å². The molecule has 1 aliphatic heterocycles. The van der Waals surface area contributed by atoms with Crippen molar-refractivity contribution in [1.29, 1.82) is 0 Å². The molecule has 1 aliphatic rings. The fourth-order valence-corrected chi connectivity index (χ4v) is 5.53. The lowest BCUT2D eigenvalue weighted by Gasteiger charge is -2.39. The average molecular weight is 489 g/mol. The van der Waals surface area contributed by atoms with Gasteiger partial charge in [-0.1, -0.05) is 54.6 Å². The van der Waals surface area contributed by atoms with Crippen LogP contribution in [0.15, 0.2) is 90.1 Å². The maximum atomic E-state index is 13.7. The Balaban J connectivity index is 1.88. The number of pyridine rings is 1. The highest BCUT2D eigenvalue weighted by atomic mass is 32.2. The van der Waals surface area contributed by atoms with Crippen molar-refractivity contribution in [3.63, 3.8) is 0 Å². The Morgan fingerprint density at radius 1 is 1.00 bits per heavy atom. The van der Waals surface area contributed by atoms with E-state index in [-0.39, 0.29) is 23.2 Å². The van der Waals surface area contributed by atoms with Crippen LogP contribution in [0, 0.1) is 0 Å². The number of benzene rings is 2. The summed E-state index contributed by atoms with van der Waals surface area (Å²) in [5.74, 6) is -0.203. The summed E-state index contributed by atoms with van der Waals surface area (Å²) >= 11 is 0. The zero-order valence-electron chi connectivity index (χ0n) is 18.3. The summed E-state index contributed by atoms with van der Waals surface area (Å²) in [7, 11) is -4.17. The van der Waals surface area contributed by atoms with E-state index in [0.29, 0.717) is 12.0 Å². The van der Waals surface area contributed by atoms with E-state index in [4.69, 9.17) is 4.74 Å². The molecule has 0 saturated carbocycles. The zero-order chi connectivity index (χ0) is 24.3. The van der Waals surface area contributed by atoms with Crippen LogP contribution < -0.4 is 0 Å². The summed E-state index contributed by atoms with van der Waals surface area (Å²) in [6.07, 6.45) is -1.88. The molecule has 0 amide bonds. The minimum atomic E-state index is -4.50. The second-order valence-electron chi connectivity index (χ2n) is 7.76. The summed E-state index contributed by atoms with van der Waals surface area (Å²) in [5.41, 5.74) is 0.718. The van der Waals surface area contributed by atoms with Crippen molar-refractivity contribution < 1.29 is 26.3 Å². The third-order valence-electron chi connectivity index (χ3n) is 5.57. The molecule has 0 bridgehead atoms. The monoisotopic (exact) mass is 488 g/mol. The van der Waals surface area contributed by atoms with Gasteiger partial charge in [-0.05, 0) is 42.3 Å². The second-order valence-corrected chi connectivity index (χ2v) is 9.52. The van der Waals surface area contributed by atoms with Crippen molar-refractivity contribution in [2.24, 2.45) is 0 Å². The van der Waals surface area contributed by atoms with Crippen LogP contribution in [0.3, 0.4) is 0 Å². The molecule has 4 rings (SSSR count). The molecule has 178 valence electrons. The molecule has 0 radical (unpaired) electrons. The van der Waals surface area contributed by atoms with E-state index in [1.807, 2.05) is 30.3 Å². The maximum Gasteiger partial charge on any atom is 0.416 e. The molecule has 0 unspecified atom stereocenters. The number of alkyl halides is 3. The van der Waals surface area contributed by atoms with Crippen molar-refractivity contribution in [2.45, 2.75) is 36.7 Å². The van der Waals surface area contributed by atoms with Crippen molar-refractivity contribution in [1.82, 2.24) is 9.29 Å². The Hall–Kier alpha value is -3.17. The lowest BCUT2D eigenvalue weighted by Crippen LogP contribution is -2.44. The standard InChI is InChI=1S/C25H23F3N2O3S/c1-2-33-24-17-20(18-8-4-3-5-9-18)16-22(19-11-13-21(14-12-19)25(26,27)28)30(24)34(31,32)23-10-6-7-15-29-23/h3-16,20,24H,2,17H2,1H3/t20-,24-/m1/s1. The molecule has 9 heteroatoms. The Morgan fingerprint density at radius 3 is 2.26 bits per heavy atom. The number of ether oxygens (including phenoxy) is 1. The molecule has 0 N–H and O–H groups in total. The smallest absolute Gasteiger partial charge is 0.358 e. The molecule has 0 saturated heterocycles. The van der Waals surface area contributed by atoms with Crippen LogP contribution in [0.2, 0.25) is 0 Å². The van der Waals surface area contributed by atoms with Crippen LogP contribution in [0.5, 0.6) is 0 Å². The number of allylic oxidation sites excluding steroid dienone is 1. The fourth-order valence-electron chi connectivity index (χ4n) is 4.00. The molecule has 2 atom stereocenters. The number of hydrogen-bond acceptors (Lipinski definition) is 4. The molecule has 2 aromatic carbocycles. The number of halogens is 3. The third kappa shape index (κ3) is 4.85. The van der Waals surface area contributed by atoms with Gasteiger partial charge in [0.1, 0.15) is 6.23 Å². The number of rotatable bonds is 6. The van der Waals surface area contributed by atoms with Gasteiger partial charge in [-0.15, -0.1) is 0 Å². The zero-order valence-corrected chi connectivity index (χ0v) is 19.1. The van der Waals surface area contributed by atoms with E-state index in [1.165, 1.54) is 24.4 Å². The van der Waals surface area contributed by atoms with Crippen LogP contribution in [-0.2, 0) is 20.9 Å². The van der Waals surface area contributed by atoms with Gasteiger partial charge in [0.25, 0.3) is 10.0 Å². The highest BCUT2D eigenvalue weighted by molar-refractivity contribution is 7.89. The van der Waals surface area contributed by atoms with Crippen molar-refractivity contribution in [2.75, 3.05) is 6.61 Å². The number of nitrogens with zero attached hydrogens (tertiary/aromatic N) is 2. The van der Waals surface area contributed by atoms with Crippen LogP contribution in [0.25, 0.3) is 5.70 Å². The van der Waals surface area contributed by atoms with Gasteiger partial charge in [0.15, 0.2) is 5.03 Å². The molecule has 0 fully saturated rings. The van der Waals surface area contributed by atoms with Gasteiger partial charge in [0.05, 0.1) is 11.3 Å². The van der Waals surface area contributed by atoms with E-state index in [0.717, 1.165) is 22.0 Å². The minimum Gasteiger partial charge on any atom is -0.358 e. The lowest BCUT2D eigenvalue weighted by atomic mass is 9.90. The van der Waals surface area contributed by atoms with E-state index >= 15 is 0 Å². The van der Waals surface area contributed by atoms with Crippen LogP contribution in [-0.4, -0.2) is 30.5 Å². The average Bonchev–Trinajstić information content (AvgIpc) is 2.84. The van der Waals surface area contributed by atoms with Gasteiger partial charge in [0, 0.05) is 25.1 Å². The summed E-state index contributed by atoms with van der Waals surface area (Å²) in [5, 5.41) is -0.171. The highest BCUT2D eigenvalue weighted by Crippen LogP contribution is 2.41. The molecule has 0 spiro atoms. The molecule has 3 aromatic rings. The molecule has 5 nitrogen and oxygen atoms in total.